The van der Waals surface area contributed by atoms with Crippen molar-refractivity contribution in [2.45, 2.75) is 13.5 Å². The number of aryl methyl sites for hydroxylation is 1. The summed E-state index contributed by atoms with van der Waals surface area (Å²) in [6, 6.07) is 11.1. The largest absolute Gasteiger partial charge is 0.343 e. The molecule has 0 bridgehead atoms. The molecular weight excluding hydrogens is 364 g/mol. The standard InChI is InChI=1S/C21H23F2N3O2/c1-15-3-2-4-16(11-15)14-25-7-9-26(10-8-25)20(27)13-24-21(28)18-6-5-17(22)12-19(18)23/h2-6,11-12H,7-10,13-14H2,1H3,(H,24,28). The molecule has 1 N–H and O–H groups in total. The fourth-order valence-corrected chi connectivity index (χ4v) is 3.26. The number of benzene rings is 2. The van der Waals surface area contributed by atoms with E-state index in [1.165, 1.54) is 11.1 Å². The van der Waals surface area contributed by atoms with Gasteiger partial charge in [-0.2, -0.15) is 0 Å². The van der Waals surface area contributed by atoms with Gasteiger partial charge < -0.3 is 10.2 Å². The summed E-state index contributed by atoms with van der Waals surface area (Å²) in [5, 5.41) is 2.41. The topological polar surface area (TPSA) is 52.6 Å². The van der Waals surface area contributed by atoms with E-state index in [4.69, 9.17) is 0 Å². The van der Waals surface area contributed by atoms with Gasteiger partial charge in [0.05, 0.1) is 12.1 Å². The number of piperazine rings is 1. The number of carbonyl (C=O) groups excluding carboxylic acids is 2. The highest BCUT2D eigenvalue weighted by molar-refractivity contribution is 5.96. The average Bonchev–Trinajstić information content (AvgIpc) is 2.66. The molecule has 148 valence electrons. The Morgan fingerprint density at radius 3 is 2.46 bits per heavy atom. The van der Waals surface area contributed by atoms with E-state index in [0.29, 0.717) is 19.2 Å². The Bertz CT molecular complexity index is 864. The van der Waals surface area contributed by atoms with Crippen LogP contribution >= 0.6 is 0 Å². The first kappa shape index (κ1) is 19.9. The number of hydrogen-bond acceptors (Lipinski definition) is 3. The number of nitrogens with one attached hydrogen (secondary N) is 1. The van der Waals surface area contributed by atoms with Crippen LogP contribution < -0.4 is 5.32 Å². The van der Waals surface area contributed by atoms with Crippen LogP contribution in [0.5, 0.6) is 0 Å². The van der Waals surface area contributed by atoms with E-state index in [2.05, 4.69) is 35.3 Å². The first-order chi connectivity index (χ1) is 13.4. The Morgan fingerprint density at radius 1 is 1.04 bits per heavy atom. The first-order valence-electron chi connectivity index (χ1n) is 9.21. The summed E-state index contributed by atoms with van der Waals surface area (Å²) < 4.78 is 26.5. The van der Waals surface area contributed by atoms with E-state index in [9.17, 15) is 18.4 Å². The molecule has 0 aliphatic carbocycles. The van der Waals surface area contributed by atoms with Crippen LogP contribution in [-0.2, 0) is 11.3 Å². The van der Waals surface area contributed by atoms with Crippen LogP contribution in [0, 0.1) is 18.6 Å². The molecule has 0 aromatic heterocycles. The first-order valence-corrected chi connectivity index (χ1v) is 9.21. The molecule has 5 nitrogen and oxygen atoms in total. The van der Waals surface area contributed by atoms with Gasteiger partial charge >= 0.3 is 0 Å². The van der Waals surface area contributed by atoms with Gasteiger partial charge in [-0.05, 0) is 24.6 Å². The second-order valence-electron chi connectivity index (χ2n) is 6.95. The van der Waals surface area contributed by atoms with Crippen LogP contribution in [0.3, 0.4) is 0 Å². The number of amides is 2. The van der Waals surface area contributed by atoms with Gasteiger partial charge in [-0.1, -0.05) is 29.8 Å². The summed E-state index contributed by atoms with van der Waals surface area (Å²) in [5.41, 5.74) is 2.19. The van der Waals surface area contributed by atoms with Crippen LogP contribution in [0.4, 0.5) is 8.78 Å². The third-order valence-electron chi connectivity index (χ3n) is 4.79. The third kappa shape index (κ3) is 5.13. The van der Waals surface area contributed by atoms with Gasteiger partial charge in [0, 0.05) is 38.8 Å². The van der Waals surface area contributed by atoms with Gasteiger partial charge in [-0.15, -0.1) is 0 Å². The van der Waals surface area contributed by atoms with Gasteiger partial charge in [0.15, 0.2) is 0 Å². The zero-order chi connectivity index (χ0) is 20.1. The fourth-order valence-electron chi connectivity index (χ4n) is 3.26. The Morgan fingerprint density at radius 2 is 1.79 bits per heavy atom. The molecule has 2 aromatic rings. The van der Waals surface area contributed by atoms with Crippen molar-refractivity contribution in [1.29, 1.82) is 0 Å². The lowest BCUT2D eigenvalue weighted by molar-refractivity contribution is -0.131. The molecule has 0 saturated carbocycles. The van der Waals surface area contributed by atoms with Crippen molar-refractivity contribution in [2.75, 3.05) is 32.7 Å². The molecular formula is C21H23F2N3O2. The maximum Gasteiger partial charge on any atom is 0.254 e. The summed E-state index contributed by atoms with van der Waals surface area (Å²) >= 11 is 0. The van der Waals surface area contributed by atoms with Crippen LogP contribution in [0.15, 0.2) is 42.5 Å². The van der Waals surface area contributed by atoms with Gasteiger partial charge in [0.1, 0.15) is 11.6 Å². The lowest BCUT2D eigenvalue weighted by Gasteiger charge is -2.34. The number of nitrogens with zero attached hydrogens (tertiary/aromatic N) is 2. The highest BCUT2D eigenvalue weighted by Gasteiger charge is 2.22. The van der Waals surface area contributed by atoms with Crippen molar-refractivity contribution >= 4 is 11.8 Å². The number of hydrogen-bond donors (Lipinski definition) is 1. The zero-order valence-corrected chi connectivity index (χ0v) is 15.8. The SMILES string of the molecule is Cc1cccc(CN2CCN(C(=O)CNC(=O)c3ccc(F)cc3F)CC2)c1. The summed E-state index contributed by atoms with van der Waals surface area (Å²) in [4.78, 5) is 28.3. The van der Waals surface area contributed by atoms with E-state index < -0.39 is 17.5 Å². The molecule has 1 heterocycles. The quantitative estimate of drug-likeness (QED) is 0.857. The van der Waals surface area contributed by atoms with E-state index in [1.807, 2.05) is 6.07 Å². The predicted molar refractivity (Wildman–Crippen MR) is 102 cm³/mol. The molecule has 0 radical (unpaired) electrons. The average molecular weight is 387 g/mol. The molecule has 2 aromatic carbocycles. The predicted octanol–water partition coefficient (Wildman–Crippen LogP) is 2.35. The molecule has 0 spiro atoms. The lowest BCUT2D eigenvalue weighted by Crippen LogP contribution is -2.50. The van der Waals surface area contributed by atoms with Crippen LogP contribution in [0.25, 0.3) is 0 Å². The molecule has 7 heteroatoms. The maximum atomic E-state index is 13.6. The van der Waals surface area contributed by atoms with E-state index >= 15 is 0 Å². The van der Waals surface area contributed by atoms with Gasteiger partial charge in [0.2, 0.25) is 5.91 Å². The lowest BCUT2D eigenvalue weighted by atomic mass is 10.1. The molecule has 28 heavy (non-hydrogen) atoms. The van der Waals surface area contributed by atoms with Crippen molar-refractivity contribution in [3.63, 3.8) is 0 Å². The Labute approximate surface area is 162 Å². The molecule has 2 amide bonds. The second-order valence-corrected chi connectivity index (χ2v) is 6.95. The second kappa shape index (κ2) is 8.93. The zero-order valence-electron chi connectivity index (χ0n) is 15.8. The summed E-state index contributed by atoms with van der Waals surface area (Å²) in [7, 11) is 0. The minimum atomic E-state index is -0.949. The Kier molecular flexibility index (Phi) is 6.36. The minimum Gasteiger partial charge on any atom is -0.343 e. The van der Waals surface area contributed by atoms with E-state index in [1.54, 1.807) is 4.90 Å². The van der Waals surface area contributed by atoms with Crippen molar-refractivity contribution in [3.05, 3.63) is 70.8 Å². The summed E-state index contributed by atoms with van der Waals surface area (Å²) in [5.74, 6) is -2.65. The number of carbonyl (C=O) groups is 2. The molecule has 0 atom stereocenters. The molecule has 1 saturated heterocycles. The summed E-state index contributed by atoms with van der Waals surface area (Å²) in [6.07, 6.45) is 0. The van der Waals surface area contributed by atoms with Crippen molar-refractivity contribution < 1.29 is 18.4 Å². The maximum absolute atomic E-state index is 13.6. The Hall–Kier alpha value is -2.80. The normalized spacial score (nSPS) is 14.8. The molecule has 3 rings (SSSR count). The molecule has 1 fully saturated rings. The molecule has 1 aliphatic heterocycles. The van der Waals surface area contributed by atoms with Crippen LogP contribution in [0.1, 0.15) is 21.5 Å². The van der Waals surface area contributed by atoms with Crippen molar-refractivity contribution in [2.24, 2.45) is 0 Å². The highest BCUT2D eigenvalue weighted by Crippen LogP contribution is 2.11. The van der Waals surface area contributed by atoms with E-state index in [-0.39, 0.29) is 18.0 Å². The van der Waals surface area contributed by atoms with Gasteiger partial charge in [0.25, 0.3) is 5.91 Å². The van der Waals surface area contributed by atoms with Crippen LogP contribution in [0.2, 0.25) is 0 Å². The van der Waals surface area contributed by atoms with Crippen molar-refractivity contribution in [3.8, 4) is 0 Å². The third-order valence-corrected chi connectivity index (χ3v) is 4.79. The smallest absolute Gasteiger partial charge is 0.254 e. The Balaban J connectivity index is 1.45. The van der Waals surface area contributed by atoms with Crippen molar-refractivity contribution in [1.82, 2.24) is 15.1 Å². The van der Waals surface area contributed by atoms with Gasteiger partial charge in [-0.25, -0.2) is 8.78 Å². The minimum absolute atomic E-state index is 0.215. The fraction of sp³-hybridized carbons (Fsp3) is 0.333. The van der Waals surface area contributed by atoms with E-state index in [0.717, 1.165) is 31.8 Å². The summed E-state index contributed by atoms with van der Waals surface area (Å²) in [6.45, 7) is 5.33. The monoisotopic (exact) mass is 387 g/mol. The molecule has 0 unspecified atom stereocenters. The number of rotatable bonds is 5. The van der Waals surface area contributed by atoms with Crippen LogP contribution in [-0.4, -0.2) is 54.3 Å². The van der Waals surface area contributed by atoms with Gasteiger partial charge in [-0.3, -0.25) is 14.5 Å². The molecule has 1 aliphatic rings. The highest BCUT2D eigenvalue weighted by atomic mass is 19.1. The number of halogens is 2.